The van der Waals surface area contributed by atoms with E-state index in [1.807, 2.05) is 13.2 Å². The molecule has 0 spiro atoms. The van der Waals surface area contributed by atoms with Crippen molar-refractivity contribution in [2.75, 3.05) is 25.5 Å². The summed E-state index contributed by atoms with van der Waals surface area (Å²) in [6.07, 6.45) is 7.63. The summed E-state index contributed by atoms with van der Waals surface area (Å²) in [6, 6.07) is 0. The van der Waals surface area contributed by atoms with Crippen LogP contribution in [0.5, 0.6) is 0 Å². The molecule has 2 aromatic rings. The second-order valence-corrected chi connectivity index (χ2v) is 6.76. The van der Waals surface area contributed by atoms with Gasteiger partial charge in [0.1, 0.15) is 5.82 Å². The SMILES string of the molecule is CNc1ncc(CN2CCCC(Cc3ncc(F)cn3)C2)s1. The van der Waals surface area contributed by atoms with Gasteiger partial charge in [-0.3, -0.25) is 4.90 Å². The van der Waals surface area contributed by atoms with E-state index in [0.29, 0.717) is 5.92 Å². The van der Waals surface area contributed by atoms with Crippen LogP contribution in [0.15, 0.2) is 18.6 Å². The van der Waals surface area contributed by atoms with Gasteiger partial charge in [0, 0.05) is 37.6 Å². The zero-order valence-corrected chi connectivity index (χ0v) is 13.4. The summed E-state index contributed by atoms with van der Waals surface area (Å²) < 4.78 is 12.9. The van der Waals surface area contributed by atoms with Crippen molar-refractivity contribution in [3.63, 3.8) is 0 Å². The molecule has 3 rings (SSSR count). The maximum absolute atomic E-state index is 12.9. The highest BCUT2D eigenvalue weighted by atomic mass is 32.1. The zero-order valence-electron chi connectivity index (χ0n) is 12.6. The van der Waals surface area contributed by atoms with Crippen LogP contribution < -0.4 is 5.32 Å². The Hall–Kier alpha value is -1.60. The van der Waals surface area contributed by atoms with E-state index in [1.54, 1.807) is 11.3 Å². The molecular weight excluding hydrogens is 301 g/mol. The molecule has 1 aliphatic rings. The van der Waals surface area contributed by atoms with Gasteiger partial charge in [-0.05, 0) is 25.3 Å². The first-order valence-electron chi connectivity index (χ1n) is 7.54. The summed E-state index contributed by atoms with van der Waals surface area (Å²) in [5.74, 6) is 0.902. The summed E-state index contributed by atoms with van der Waals surface area (Å²) in [5.41, 5.74) is 0. The monoisotopic (exact) mass is 321 g/mol. The fourth-order valence-electron chi connectivity index (χ4n) is 2.88. The Kier molecular flexibility index (Phi) is 4.94. The van der Waals surface area contributed by atoms with Gasteiger partial charge in [0.05, 0.1) is 12.4 Å². The number of rotatable bonds is 5. The summed E-state index contributed by atoms with van der Waals surface area (Å²) in [5, 5.41) is 4.03. The second kappa shape index (κ2) is 7.11. The van der Waals surface area contributed by atoms with Gasteiger partial charge in [-0.15, -0.1) is 11.3 Å². The third-order valence-corrected chi connectivity index (χ3v) is 4.89. The molecule has 0 saturated carbocycles. The fraction of sp³-hybridized carbons (Fsp3) is 0.533. The van der Waals surface area contributed by atoms with Gasteiger partial charge in [0.25, 0.3) is 0 Å². The lowest BCUT2D eigenvalue weighted by Gasteiger charge is -2.32. The molecule has 2 aromatic heterocycles. The minimum Gasteiger partial charge on any atom is -0.365 e. The van der Waals surface area contributed by atoms with Crippen LogP contribution in [0.1, 0.15) is 23.5 Å². The third kappa shape index (κ3) is 3.98. The number of nitrogens with zero attached hydrogens (tertiary/aromatic N) is 4. The van der Waals surface area contributed by atoms with Crippen molar-refractivity contribution in [2.24, 2.45) is 5.92 Å². The highest BCUT2D eigenvalue weighted by Gasteiger charge is 2.21. The van der Waals surface area contributed by atoms with E-state index >= 15 is 0 Å². The van der Waals surface area contributed by atoms with E-state index in [4.69, 9.17) is 0 Å². The van der Waals surface area contributed by atoms with Crippen LogP contribution in [-0.4, -0.2) is 40.0 Å². The van der Waals surface area contributed by atoms with Crippen LogP contribution in [0.4, 0.5) is 9.52 Å². The Morgan fingerprint density at radius 1 is 1.32 bits per heavy atom. The van der Waals surface area contributed by atoms with E-state index in [-0.39, 0.29) is 5.82 Å². The molecule has 1 unspecified atom stereocenters. The lowest BCUT2D eigenvalue weighted by atomic mass is 9.94. The number of likely N-dealkylation sites (tertiary alicyclic amines) is 1. The average Bonchev–Trinajstić information content (AvgIpc) is 2.98. The standard InChI is InChI=1S/C15H20FN5S/c1-17-15-20-8-13(22-15)10-21-4-2-3-11(9-21)5-14-18-6-12(16)7-19-14/h6-8,11H,2-5,9-10H2,1H3,(H,17,20). The molecular formula is C15H20FN5S. The van der Waals surface area contributed by atoms with Crippen molar-refractivity contribution >= 4 is 16.5 Å². The molecule has 0 amide bonds. The van der Waals surface area contributed by atoms with Gasteiger partial charge in [-0.25, -0.2) is 19.3 Å². The lowest BCUT2D eigenvalue weighted by Crippen LogP contribution is -2.35. The second-order valence-electron chi connectivity index (χ2n) is 5.65. The predicted octanol–water partition coefficient (Wildman–Crippen LogP) is 2.57. The van der Waals surface area contributed by atoms with Gasteiger partial charge in [0.15, 0.2) is 10.9 Å². The van der Waals surface area contributed by atoms with E-state index in [9.17, 15) is 4.39 Å². The maximum atomic E-state index is 12.9. The molecule has 0 aromatic carbocycles. The molecule has 5 nitrogen and oxygen atoms in total. The van der Waals surface area contributed by atoms with Crippen LogP contribution in [0, 0.1) is 11.7 Å². The molecule has 0 radical (unpaired) electrons. The number of halogens is 1. The van der Waals surface area contributed by atoms with E-state index in [1.165, 1.54) is 30.1 Å². The Morgan fingerprint density at radius 2 is 2.14 bits per heavy atom. The molecule has 1 atom stereocenters. The zero-order chi connectivity index (χ0) is 15.4. The molecule has 7 heteroatoms. The molecule has 22 heavy (non-hydrogen) atoms. The van der Waals surface area contributed by atoms with E-state index in [0.717, 1.165) is 37.0 Å². The molecule has 0 bridgehead atoms. The molecule has 0 aliphatic carbocycles. The Balaban J connectivity index is 1.55. The van der Waals surface area contributed by atoms with Crippen LogP contribution >= 0.6 is 11.3 Å². The molecule has 118 valence electrons. The van der Waals surface area contributed by atoms with E-state index in [2.05, 4.69) is 25.2 Å². The quantitative estimate of drug-likeness (QED) is 0.917. The number of anilines is 1. The largest absolute Gasteiger partial charge is 0.365 e. The Bertz CT molecular complexity index is 600. The molecule has 3 heterocycles. The summed E-state index contributed by atoms with van der Waals surface area (Å²) in [6.45, 7) is 3.10. The van der Waals surface area contributed by atoms with Crippen molar-refractivity contribution < 1.29 is 4.39 Å². The Morgan fingerprint density at radius 3 is 2.86 bits per heavy atom. The summed E-state index contributed by atoms with van der Waals surface area (Å²) in [4.78, 5) is 16.2. The first kappa shape index (κ1) is 15.3. The minimum atomic E-state index is -0.375. The first-order valence-corrected chi connectivity index (χ1v) is 8.36. The number of piperidine rings is 1. The van der Waals surface area contributed by atoms with Crippen molar-refractivity contribution in [3.05, 3.63) is 35.1 Å². The van der Waals surface area contributed by atoms with Crippen molar-refractivity contribution in [1.82, 2.24) is 19.9 Å². The molecule has 1 fully saturated rings. The lowest BCUT2D eigenvalue weighted by molar-refractivity contribution is 0.167. The number of thiazole rings is 1. The minimum absolute atomic E-state index is 0.375. The number of hydrogen-bond donors (Lipinski definition) is 1. The van der Waals surface area contributed by atoms with Crippen LogP contribution in [-0.2, 0) is 13.0 Å². The highest BCUT2D eigenvalue weighted by Crippen LogP contribution is 2.24. The number of aromatic nitrogens is 3. The Labute approximate surface area is 133 Å². The topological polar surface area (TPSA) is 53.9 Å². The number of hydrogen-bond acceptors (Lipinski definition) is 6. The van der Waals surface area contributed by atoms with Gasteiger partial charge in [-0.1, -0.05) is 0 Å². The normalized spacial score (nSPS) is 19.3. The van der Waals surface area contributed by atoms with Crippen LogP contribution in [0.25, 0.3) is 0 Å². The molecule has 1 aliphatic heterocycles. The third-order valence-electron chi connectivity index (χ3n) is 3.90. The maximum Gasteiger partial charge on any atom is 0.182 e. The smallest absolute Gasteiger partial charge is 0.182 e. The predicted molar refractivity (Wildman–Crippen MR) is 85.4 cm³/mol. The molecule has 1 N–H and O–H groups in total. The van der Waals surface area contributed by atoms with Gasteiger partial charge < -0.3 is 5.32 Å². The van der Waals surface area contributed by atoms with Crippen molar-refractivity contribution in [3.8, 4) is 0 Å². The summed E-state index contributed by atoms with van der Waals surface area (Å²) in [7, 11) is 1.89. The van der Waals surface area contributed by atoms with Crippen LogP contribution in [0.2, 0.25) is 0 Å². The van der Waals surface area contributed by atoms with Gasteiger partial charge in [-0.2, -0.15) is 0 Å². The first-order chi connectivity index (χ1) is 10.7. The molecule has 1 saturated heterocycles. The van der Waals surface area contributed by atoms with Crippen molar-refractivity contribution in [2.45, 2.75) is 25.8 Å². The summed E-state index contributed by atoms with van der Waals surface area (Å²) >= 11 is 1.70. The fourth-order valence-corrected chi connectivity index (χ4v) is 3.69. The van der Waals surface area contributed by atoms with Crippen molar-refractivity contribution in [1.29, 1.82) is 0 Å². The highest BCUT2D eigenvalue weighted by molar-refractivity contribution is 7.15. The van der Waals surface area contributed by atoms with Crippen LogP contribution in [0.3, 0.4) is 0 Å². The van der Waals surface area contributed by atoms with E-state index < -0.39 is 0 Å². The average molecular weight is 321 g/mol. The number of nitrogens with one attached hydrogen (secondary N) is 1. The van der Waals surface area contributed by atoms with Gasteiger partial charge in [0.2, 0.25) is 0 Å². The van der Waals surface area contributed by atoms with Gasteiger partial charge >= 0.3 is 0 Å².